The van der Waals surface area contributed by atoms with Crippen LogP contribution in [0.3, 0.4) is 0 Å². The highest BCUT2D eigenvalue weighted by atomic mass is 32.1. The first-order chi connectivity index (χ1) is 5.16. The fraction of sp³-hybridized carbons (Fsp3) is 0.333. The minimum atomic E-state index is 0.0694. The lowest BCUT2D eigenvalue weighted by Gasteiger charge is -1.92. The van der Waals surface area contributed by atoms with Gasteiger partial charge in [-0.1, -0.05) is 19.1 Å². The van der Waals surface area contributed by atoms with Gasteiger partial charge in [0.15, 0.2) is 11.4 Å². The van der Waals surface area contributed by atoms with E-state index < -0.39 is 0 Å². The quantitative estimate of drug-likeness (QED) is 0.560. The van der Waals surface area contributed by atoms with Crippen molar-refractivity contribution in [1.82, 2.24) is 10.2 Å². The monoisotopic (exact) mass is 171 g/mol. The molecule has 0 saturated heterocycles. The van der Waals surface area contributed by atoms with Gasteiger partial charge in [-0.15, -0.1) is 0 Å². The van der Waals surface area contributed by atoms with Gasteiger partial charge in [0.25, 0.3) is 0 Å². The second kappa shape index (κ2) is 2.87. The van der Waals surface area contributed by atoms with E-state index in [1.165, 1.54) is 0 Å². The van der Waals surface area contributed by atoms with Crippen LogP contribution >= 0.6 is 12.2 Å². The third kappa shape index (κ3) is 1.32. The molecule has 1 rings (SSSR count). The number of hydrogen-bond acceptors (Lipinski definition) is 3. The number of thiocarbonyl (C=S) groups is 1. The van der Waals surface area contributed by atoms with Crippen molar-refractivity contribution in [3.8, 4) is 5.75 Å². The number of hydrogen-bond donors (Lipinski definition) is 3. The maximum Gasteiger partial charge on any atom is 0.167 e. The van der Waals surface area contributed by atoms with Gasteiger partial charge in [0, 0.05) is 0 Å². The molecular weight excluding hydrogens is 162 g/mol. The van der Waals surface area contributed by atoms with Crippen molar-refractivity contribution in [3.05, 3.63) is 11.4 Å². The highest BCUT2D eigenvalue weighted by Crippen LogP contribution is 2.18. The van der Waals surface area contributed by atoms with Gasteiger partial charge in [0.2, 0.25) is 0 Å². The lowest BCUT2D eigenvalue weighted by molar-refractivity contribution is 0.468. The topological polar surface area (TPSA) is 74.9 Å². The zero-order chi connectivity index (χ0) is 8.43. The van der Waals surface area contributed by atoms with E-state index >= 15 is 0 Å². The average Bonchev–Trinajstić information content (AvgIpc) is 2.30. The van der Waals surface area contributed by atoms with Crippen LogP contribution in [0.2, 0.25) is 0 Å². The predicted octanol–water partition coefficient (Wildman–Crippen LogP) is 0.312. The molecule has 0 amide bonds. The third-order valence-electron chi connectivity index (χ3n) is 1.40. The molecule has 0 saturated carbocycles. The predicted molar refractivity (Wildman–Crippen MR) is 45.5 cm³/mol. The molecule has 11 heavy (non-hydrogen) atoms. The van der Waals surface area contributed by atoms with Crippen molar-refractivity contribution in [3.63, 3.8) is 0 Å². The first-order valence-electron chi connectivity index (χ1n) is 3.22. The number of aryl methyl sites for hydroxylation is 1. The summed E-state index contributed by atoms with van der Waals surface area (Å²) >= 11 is 4.65. The van der Waals surface area contributed by atoms with Crippen molar-refractivity contribution in [2.24, 2.45) is 5.73 Å². The summed E-state index contributed by atoms with van der Waals surface area (Å²) in [4.78, 5) is 0.110. The molecule has 0 fully saturated rings. The normalized spacial score (nSPS) is 9.91. The number of aromatic amines is 1. The third-order valence-corrected chi connectivity index (χ3v) is 1.59. The molecule has 0 aliphatic heterocycles. The number of nitrogens with one attached hydrogen (secondary N) is 1. The highest BCUT2D eigenvalue weighted by Gasteiger charge is 2.11. The summed E-state index contributed by atoms with van der Waals surface area (Å²) in [7, 11) is 0. The number of H-pyrrole nitrogens is 1. The van der Waals surface area contributed by atoms with E-state index in [0.29, 0.717) is 12.1 Å². The molecule has 0 unspecified atom stereocenters. The van der Waals surface area contributed by atoms with E-state index in [0.717, 1.165) is 0 Å². The van der Waals surface area contributed by atoms with Crippen molar-refractivity contribution >= 4 is 17.2 Å². The molecule has 0 atom stereocenters. The largest absolute Gasteiger partial charge is 0.504 e. The first-order valence-corrected chi connectivity index (χ1v) is 3.63. The van der Waals surface area contributed by atoms with Crippen molar-refractivity contribution in [2.75, 3.05) is 0 Å². The van der Waals surface area contributed by atoms with Crippen molar-refractivity contribution < 1.29 is 5.11 Å². The molecule has 60 valence electrons. The number of aromatic nitrogens is 2. The molecule has 4 N–H and O–H groups in total. The second-order valence-corrected chi connectivity index (χ2v) is 2.56. The van der Waals surface area contributed by atoms with Gasteiger partial charge in [-0.05, 0) is 6.42 Å². The maximum absolute atomic E-state index is 9.34. The molecule has 0 bridgehead atoms. The molecule has 1 heterocycles. The van der Waals surface area contributed by atoms with Crippen molar-refractivity contribution in [2.45, 2.75) is 13.3 Å². The Morgan fingerprint density at radius 2 is 2.45 bits per heavy atom. The molecule has 0 spiro atoms. The Balaban J connectivity index is 3.10. The zero-order valence-corrected chi connectivity index (χ0v) is 6.90. The van der Waals surface area contributed by atoms with E-state index in [1.807, 2.05) is 6.92 Å². The number of rotatable bonds is 2. The molecule has 0 aliphatic carbocycles. The number of nitrogens with two attached hydrogens (primary N) is 1. The Bertz CT molecular complexity index is 281. The Morgan fingerprint density at radius 1 is 1.82 bits per heavy atom. The molecule has 0 aromatic carbocycles. The van der Waals surface area contributed by atoms with Gasteiger partial charge in [-0.25, -0.2) is 0 Å². The summed E-state index contributed by atoms with van der Waals surface area (Å²) in [5.74, 6) is 0.0694. The van der Waals surface area contributed by atoms with Crippen LogP contribution in [-0.4, -0.2) is 20.3 Å². The maximum atomic E-state index is 9.34. The molecule has 5 heteroatoms. The van der Waals surface area contributed by atoms with Gasteiger partial charge in [0.05, 0.1) is 5.69 Å². The standard InChI is InChI=1S/C6H9N3OS/c1-2-3-5(10)4(6(7)11)9-8-3/h10H,2H2,1H3,(H2,7,11)(H,8,9). The van der Waals surface area contributed by atoms with E-state index in [-0.39, 0.29) is 16.4 Å². The van der Waals surface area contributed by atoms with Crippen LogP contribution in [0.5, 0.6) is 5.75 Å². The first kappa shape index (κ1) is 8.00. The highest BCUT2D eigenvalue weighted by molar-refractivity contribution is 7.80. The van der Waals surface area contributed by atoms with Gasteiger partial charge in [0.1, 0.15) is 4.99 Å². The van der Waals surface area contributed by atoms with Gasteiger partial charge >= 0.3 is 0 Å². The van der Waals surface area contributed by atoms with E-state index in [4.69, 9.17) is 5.73 Å². The van der Waals surface area contributed by atoms with E-state index in [9.17, 15) is 5.11 Å². The van der Waals surface area contributed by atoms with Gasteiger partial charge < -0.3 is 10.8 Å². The van der Waals surface area contributed by atoms with Gasteiger partial charge in [-0.3, -0.25) is 5.10 Å². The summed E-state index contributed by atoms with van der Waals surface area (Å²) in [6.07, 6.45) is 0.682. The summed E-state index contributed by atoms with van der Waals surface area (Å²) < 4.78 is 0. The molecular formula is C6H9N3OS. The van der Waals surface area contributed by atoms with Crippen LogP contribution < -0.4 is 5.73 Å². The van der Waals surface area contributed by atoms with Crippen molar-refractivity contribution in [1.29, 1.82) is 0 Å². The summed E-state index contributed by atoms with van der Waals surface area (Å²) in [5.41, 5.74) is 6.21. The van der Waals surface area contributed by atoms with Crippen LogP contribution in [0.1, 0.15) is 18.3 Å². The molecule has 0 aliphatic rings. The molecule has 1 aromatic rings. The summed E-state index contributed by atoms with van der Waals surface area (Å²) in [6.45, 7) is 1.90. The lowest BCUT2D eigenvalue weighted by Crippen LogP contribution is -2.09. The minimum absolute atomic E-state index is 0.0694. The summed E-state index contributed by atoms with van der Waals surface area (Å²) in [5, 5.41) is 15.7. The summed E-state index contributed by atoms with van der Waals surface area (Å²) in [6, 6.07) is 0. The smallest absolute Gasteiger partial charge is 0.167 e. The Labute approximate surface area is 69.4 Å². The zero-order valence-electron chi connectivity index (χ0n) is 6.09. The Hall–Kier alpha value is -1.10. The fourth-order valence-electron chi connectivity index (χ4n) is 0.791. The molecule has 1 aromatic heterocycles. The molecule has 0 radical (unpaired) electrons. The van der Waals surface area contributed by atoms with Crippen LogP contribution in [0.4, 0.5) is 0 Å². The second-order valence-electron chi connectivity index (χ2n) is 2.12. The van der Waals surface area contributed by atoms with Crippen LogP contribution in [-0.2, 0) is 6.42 Å². The number of aromatic hydroxyl groups is 1. The average molecular weight is 171 g/mol. The van der Waals surface area contributed by atoms with Gasteiger partial charge in [-0.2, -0.15) is 5.10 Å². The Kier molecular flexibility index (Phi) is 2.09. The number of nitrogens with zero attached hydrogens (tertiary/aromatic N) is 1. The lowest BCUT2D eigenvalue weighted by atomic mass is 10.3. The van der Waals surface area contributed by atoms with E-state index in [2.05, 4.69) is 22.4 Å². The minimum Gasteiger partial charge on any atom is -0.504 e. The SMILES string of the molecule is CCc1[nH]nc(C(N)=S)c1O. The van der Waals surface area contributed by atoms with Crippen LogP contribution in [0, 0.1) is 0 Å². The molecule has 4 nitrogen and oxygen atoms in total. The fourth-order valence-corrected chi connectivity index (χ4v) is 0.933. The van der Waals surface area contributed by atoms with E-state index in [1.54, 1.807) is 0 Å². The van der Waals surface area contributed by atoms with Crippen LogP contribution in [0.25, 0.3) is 0 Å². The van der Waals surface area contributed by atoms with Crippen LogP contribution in [0.15, 0.2) is 0 Å². The Morgan fingerprint density at radius 3 is 2.73 bits per heavy atom.